The second-order valence-corrected chi connectivity index (χ2v) is 6.50. The number of carbonyl (C=O) groups is 1. The van der Waals surface area contributed by atoms with Crippen LogP contribution in [0.1, 0.15) is 25.7 Å². The van der Waals surface area contributed by atoms with E-state index in [1.165, 1.54) is 0 Å². The first kappa shape index (κ1) is 14.9. The second kappa shape index (κ2) is 5.76. The minimum atomic E-state index is -0.727. The number of amides is 1. The summed E-state index contributed by atoms with van der Waals surface area (Å²) in [4.78, 5) is 20.4. The van der Waals surface area contributed by atoms with Crippen LogP contribution in [0, 0.1) is 0 Å². The molecule has 1 heterocycles. The molecule has 5 heteroatoms. The zero-order valence-electron chi connectivity index (χ0n) is 13.4. The van der Waals surface area contributed by atoms with Gasteiger partial charge in [-0.3, -0.25) is 4.79 Å². The van der Waals surface area contributed by atoms with Gasteiger partial charge in [-0.25, -0.2) is 4.98 Å². The smallest absolute Gasteiger partial charge is 0.244 e. The Hall–Kier alpha value is -2.66. The van der Waals surface area contributed by atoms with Gasteiger partial charge in [-0.1, -0.05) is 37.1 Å². The van der Waals surface area contributed by atoms with Crippen molar-refractivity contribution in [3.05, 3.63) is 48.5 Å². The maximum atomic E-state index is 12.5. The van der Waals surface area contributed by atoms with E-state index in [2.05, 4.69) is 15.3 Å². The highest BCUT2D eigenvalue weighted by Crippen LogP contribution is 2.29. The fraction of sp³-hybridized carbons (Fsp3) is 0.263. The minimum absolute atomic E-state index is 0.0956. The summed E-state index contributed by atoms with van der Waals surface area (Å²) in [6.45, 7) is 0. The number of para-hydroxylation sites is 2. The molecule has 1 aromatic heterocycles. The van der Waals surface area contributed by atoms with Crippen molar-refractivity contribution in [3.63, 3.8) is 0 Å². The van der Waals surface area contributed by atoms with Crippen LogP contribution in [0.5, 0.6) is 0 Å². The molecule has 1 aliphatic carbocycles. The summed E-state index contributed by atoms with van der Waals surface area (Å²) in [6, 6.07) is 15.6. The number of H-pyrrole nitrogens is 1. The quantitative estimate of drug-likeness (QED) is 0.691. The van der Waals surface area contributed by atoms with Crippen molar-refractivity contribution in [2.45, 2.75) is 31.2 Å². The predicted molar refractivity (Wildman–Crippen MR) is 95.5 cm³/mol. The van der Waals surface area contributed by atoms with Crippen LogP contribution in [0.15, 0.2) is 48.5 Å². The van der Waals surface area contributed by atoms with E-state index in [9.17, 15) is 4.79 Å². The van der Waals surface area contributed by atoms with E-state index in [4.69, 9.17) is 5.73 Å². The Morgan fingerprint density at radius 2 is 1.92 bits per heavy atom. The van der Waals surface area contributed by atoms with Crippen molar-refractivity contribution in [1.29, 1.82) is 0 Å². The van der Waals surface area contributed by atoms with Crippen molar-refractivity contribution < 1.29 is 4.79 Å². The molecule has 1 aliphatic rings. The normalized spacial score (nSPS) is 16.4. The average molecular weight is 320 g/mol. The number of nitrogens with zero attached hydrogens (tertiary/aromatic N) is 1. The van der Waals surface area contributed by atoms with Gasteiger partial charge in [-0.15, -0.1) is 0 Å². The van der Waals surface area contributed by atoms with Crippen molar-refractivity contribution in [2.75, 3.05) is 5.32 Å². The van der Waals surface area contributed by atoms with Crippen LogP contribution in [-0.4, -0.2) is 21.4 Å². The SMILES string of the molecule is NC1(C(=O)Nc2cccc(-c3nc4ccccc4[nH]3)c2)CCCC1. The number of anilines is 1. The van der Waals surface area contributed by atoms with E-state index < -0.39 is 5.54 Å². The van der Waals surface area contributed by atoms with Gasteiger partial charge >= 0.3 is 0 Å². The molecule has 1 saturated carbocycles. The lowest BCUT2D eigenvalue weighted by molar-refractivity contribution is -0.121. The lowest BCUT2D eigenvalue weighted by Gasteiger charge is -2.22. The third-order valence-corrected chi connectivity index (χ3v) is 4.73. The minimum Gasteiger partial charge on any atom is -0.338 e. The van der Waals surface area contributed by atoms with E-state index in [0.717, 1.165) is 53.8 Å². The van der Waals surface area contributed by atoms with Gasteiger partial charge in [0, 0.05) is 11.3 Å². The number of benzene rings is 2. The average Bonchev–Trinajstić information content (AvgIpc) is 3.22. The second-order valence-electron chi connectivity index (χ2n) is 6.50. The molecule has 0 unspecified atom stereocenters. The lowest BCUT2D eigenvalue weighted by atomic mass is 9.98. The Bertz CT molecular complexity index is 860. The Morgan fingerprint density at radius 1 is 1.12 bits per heavy atom. The number of nitrogens with two attached hydrogens (primary N) is 1. The fourth-order valence-corrected chi connectivity index (χ4v) is 3.32. The summed E-state index contributed by atoms with van der Waals surface area (Å²) < 4.78 is 0. The van der Waals surface area contributed by atoms with E-state index >= 15 is 0 Å². The third kappa shape index (κ3) is 2.67. The number of hydrogen-bond donors (Lipinski definition) is 3. The summed E-state index contributed by atoms with van der Waals surface area (Å²) in [6.07, 6.45) is 3.54. The third-order valence-electron chi connectivity index (χ3n) is 4.73. The molecule has 0 spiro atoms. The molecule has 24 heavy (non-hydrogen) atoms. The molecular formula is C19H20N4O. The van der Waals surface area contributed by atoms with Gasteiger partial charge in [-0.05, 0) is 37.1 Å². The summed E-state index contributed by atoms with van der Waals surface area (Å²) >= 11 is 0. The Morgan fingerprint density at radius 3 is 2.71 bits per heavy atom. The van der Waals surface area contributed by atoms with Crippen LogP contribution in [-0.2, 0) is 4.79 Å². The van der Waals surface area contributed by atoms with Gasteiger partial charge in [0.05, 0.1) is 16.6 Å². The van der Waals surface area contributed by atoms with E-state index in [-0.39, 0.29) is 5.91 Å². The number of hydrogen-bond acceptors (Lipinski definition) is 3. The number of aromatic amines is 1. The van der Waals surface area contributed by atoms with E-state index in [1.54, 1.807) is 0 Å². The number of rotatable bonds is 3. The standard InChI is InChI=1S/C19H20N4O/c20-19(10-3-4-11-19)18(24)21-14-7-5-6-13(12-14)17-22-15-8-1-2-9-16(15)23-17/h1-2,5-9,12H,3-4,10-11,20H2,(H,21,24)(H,22,23). The number of nitrogens with one attached hydrogen (secondary N) is 2. The maximum absolute atomic E-state index is 12.5. The molecule has 5 nitrogen and oxygen atoms in total. The highest BCUT2D eigenvalue weighted by molar-refractivity contribution is 5.98. The summed E-state index contributed by atoms with van der Waals surface area (Å²) in [7, 11) is 0. The van der Waals surface area contributed by atoms with Gasteiger partial charge in [0.15, 0.2) is 0 Å². The van der Waals surface area contributed by atoms with Crippen LogP contribution in [0.2, 0.25) is 0 Å². The van der Waals surface area contributed by atoms with E-state index in [0.29, 0.717) is 0 Å². The molecule has 0 bridgehead atoms. The monoisotopic (exact) mass is 320 g/mol. The van der Waals surface area contributed by atoms with Gasteiger partial charge < -0.3 is 16.0 Å². The molecule has 1 fully saturated rings. The summed E-state index contributed by atoms with van der Waals surface area (Å²) in [5.74, 6) is 0.692. The van der Waals surface area contributed by atoms with Gasteiger partial charge in [0.25, 0.3) is 0 Å². The highest BCUT2D eigenvalue weighted by Gasteiger charge is 2.36. The van der Waals surface area contributed by atoms with Crippen LogP contribution in [0.4, 0.5) is 5.69 Å². The summed E-state index contributed by atoms with van der Waals surface area (Å²) in [5, 5.41) is 2.96. The number of fused-ring (bicyclic) bond motifs is 1. The van der Waals surface area contributed by atoms with Gasteiger partial charge in [0.1, 0.15) is 5.82 Å². The van der Waals surface area contributed by atoms with Crippen LogP contribution in [0.25, 0.3) is 22.4 Å². The number of imidazole rings is 1. The zero-order chi connectivity index (χ0) is 16.6. The number of carbonyl (C=O) groups excluding carboxylic acids is 1. The zero-order valence-corrected chi connectivity index (χ0v) is 13.4. The Balaban J connectivity index is 1.60. The van der Waals surface area contributed by atoms with Crippen molar-refractivity contribution >= 4 is 22.6 Å². The molecule has 122 valence electrons. The fourth-order valence-electron chi connectivity index (χ4n) is 3.32. The van der Waals surface area contributed by atoms with Crippen LogP contribution < -0.4 is 11.1 Å². The maximum Gasteiger partial charge on any atom is 0.244 e. The highest BCUT2D eigenvalue weighted by atomic mass is 16.2. The van der Waals surface area contributed by atoms with Crippen molar-refractivity contribution in [2.24, 2.45) is 5.73 Å². The first-order valence-corrected chi connectivity index (χ1v) is 8.30. The topological polar surface area (TPSA) is 83.8 Å². The molecule has 4 rings (SSSR count). The molecule has 1 amide bonds. The molecule has 0 atom stereocenters. The first-order valence-electron chi connectivity index (χ1n) is 8.30. The van der Waals surface area contributed by atoms with Crippen molar-refractivity contribution in [1.82, 2.24) is 9.97 Å². The lowest BCUT2D eigenvalue weighted by Crippen LogP contribution is -2.48. The van der Waals surface area contributed by atoms with Crippen molar-refractivity contribution in [3.8, 4) is 11.4 Å². The van der Waals surface area contributed by atoms with Crippen LogP contribution >= 0.6 is 0 Å². The van der Waals surface area contributed by atoms with Gasteiger partial charge in [-0.2, -0.15) is 0 Å². The largest absolute Gasteiger partial charge is 0.338 e. The number of aromatic nitrogens is 2. The van der Waals surface area contributed by atoms with E-state index in [1.807, 2.05) is 48.5 Å². The molecule has 0 aliphatic heterocycles. The van der Waals surface area contributed by atoms with Crippen LogP contribution in [0.3, 0.4) is 0 Å². The predicted octanol–water partition coefficient (Wildman–Crippen LogP) is 3.44. The Labute approximate surface area is 140 Å². The molecule has 4 N–H and O–H groups in total. The molecule has 2 aromatic carbocycles. The Kier molecular flexibility index (Phi) is 3.58. The molecule has 0 saturated heterocycles. The summed E-state index contributed by atoms with van der Waals surface area (Å²) in [5.41, 5.74) is 9.09. The molecular weight excluding hydrogens is 300 g/mol. The van der Waals surface area contributed by atoms with Gasteiger partial charge in [0.2, 0.25) is 5.91 Å². The molecule has 0 radical (unpaired) electrons. The first-order chi connectivity index (χ1) is 11.6. The molecule has 3 aromatic rings.